The molecule has 2 N–H and O–H groups in total. The van der Waals surface area contributed by atoms with Gasteiger partial charge in [0.2, 0.25) is 0 Å². The predicted octanol–water partition coefficient (Wildman–Crippen LogP) is 4.03. The molecule has 18 heavy (non-hydrogen) atoms. The van der Waals surface area contributed by atoms with Crippen LogP contribution in [-0.4, -0.2) is 18.6 Å². The second-order valence-corrected chi connectivity index (χ2v) is 6.36. The third kappa shape index (κ3) is 5.57. The minimum atomic E-state index is 0.156. The molecule has 0 saturated carbocycles. The average molecular weight is 289 g/mol. The lowest BCUT2D eigenvalue weighted by Crippen LogP contribution is -2.40. The highest BCUT2D eigenvalue weighted by Gasteiger charge is 2.11. The van der Waals surface area contributed by atoms with E-state index < -0.39 is 0 Å². The van der Waals surface area contributed by atoms with E-state index in [1.54, 1.807) is 6.07 Å². The predicted molar refractivity (Wildman–Crippen MR) is 80.6 cm³/mol. The van der Waals surface area contributed by atoms with Crippen LogP contribution in [0.15, 0.2) is 18.2 Å². The fourth-order valence-electron chi connectivity index (χ4n) is 1.69. The second-order valence-electron chi connectivity index (χ2n) is 5.52. The largest absolute Gasteiger partial charge is 0.311 e. The van der Waals surface area contributed by atoms with Gasteiger partial charge in [0.05, 0.1) is 0 Å². The van der Waals surface area contributed by atoms with Crippen LogP contribution >= 0.6 is 23.2 Å². The zero-order valence-corrected chi connectivity index (χ0v) is 13.0. The standard InChI is InChI=1S/C14H22Cl2N2/c1-10(17-7-8-18-14(2,3)4)12-6-5-11(15)9-13(12)16/h5-6,9-10,17-18H,7-8H2,1-4H3. The second kappa shape index (κ2) is 6.76. The van der Waals surface area contributed by atoms with Gasteiger partial charge in [0.15, 0.2) is 0 Å². The van der Waals surface area contributed by atoms with Gasteiger partial charge in [0.1, 0.15) is 0 Å². The lowest BCUT2D eigenvalue weighted by molar-refractivity contribution is 0.414. The molecule has 1 aromatic rings. The van der Waals surface area contributed by atoms with Crippen LogP contribution in [0, 0.1) is 0 Å². The van der Waals surface area contributed by atoms with Gasteiger partial charge in [-0.15, -0.1) is 0 Å². The molecule has 0 radical (unpaired) electrons. The molecule has 0 aliphatic carbocycles. The molecule has 0 saturated heterocycles. The number of rotatable bonds is 5. The van der Waals surface area contributed by atoms with E-state index in [4.69, 9.17) is 23.2 Å². The summed E-state index contributed by atoms with van der Waals surface area (Å²) in [6.45, 7) is 10.4. The van der Waals surface area contributed by atoms with Gasteiger partial charge in [-0.1, -0.05) is 29.3 Å². The van der Waals surface area contributed by atoms with E-state index in [0.29, 0.717) is 10.0 Å². The normalized spacial score (nSPS) is 13.7. The van der Waals surface area contributed by atoms with Crippen molar-refractivity contribution in [3.63, 3.8) is 0 Å². The third-order valence-corrected chi connectivity index (χ3v) is 3.22. The molecule has 102 valence electrons. The van der Waals surface area contributed by atoms with Crippen molar-refractivity contribution >= 4 is 23.2 Å². The van der Waals surface area contributed by atoms with E-state index >= 15 is 0 Å². The van der Waals surface area contributed by atoms with E-state index in [9.17, 15) is 0 Å². The zero-order chi connectivity index (χ0) is 13.8. The van der Waals surface area contributed by atoms with Crippen molar-refractivity contribution in [2.45, 2.75) is 39.3 Å². The van der Waals surface area contributed by atoms with Gasteiger partial charge in [-0.3, -0.25) is 0 Å². The van der Waals surface area contributed by atoms with E-state index in [1.807, 2.05) is 12.1 Å². The Kier molecular flexibility index (Phi) is 5.93. The van der Waals surface area contributed by atoms with Crippen LogP contribution in [0.1, 0.15) is 39.3 Å². The Bertz CT molecular complexity index is 386. The van der Waals surface area contributed by atoms with Crippen LogP contribution < -0.4 is 10.6 Å². The summed E-state index contributed by atoms with van der Waals surface area (Å²) in [6, 6.07) is 5.84. The maximum Gasteiger partial charge on any atom is 0.0468 e. The summed E-state index contributed by atoms with van der Waals surface area (Å²) in [4.78, 5) is 0. The molecule has 2 nitrogen and oxygen atoms in total. The minimum absolute atomic E-state index is 0.156. The molecule has 0 heterocycles. The zero-order valence-electron chi connectivity index (χ0n) is 11.5. The van der Waals surface area contributed by atoms with Gasteiger partial charge in [0, 0.05) is 34.7 Å². The lowest BCUT2D eigenvalue weighted by atomic mass is 10.1. The number of hydrogen-bond donors (Lipinski definition) is 2. The molecule has 0 spiro atoms. The maximum absolute atomic E-state index is 6.17. The quantitative estimate of drug-likeness (QED) is 0.800. The van der Waals surface area contributed by atoms with Crippen LogP contribution in [0.2, 0.25) is 10.0 Å². The van der Waals surface area contributed by atoms with Gasteiger partial charge in [0.25, 0.3) is 0 Å². The Morgan fingerprint density at radius 2 is 1.83 bits per heavy atom. The first-order valence-corrected chi connectivity index (χ1v) is 6.98. The topological polar surface area (TPSA) is 24.1 Å². The minimum Gasteiger partial charge on any atom is -0.311 e. The van der Waals surface area contributed by atoms with Gasteiger partial charge < -0.3 is 10.6 Å². The third-order valence-electron chi connectivity index (χ3n) is 2.66. The van der Waals surface area contributed by atoms with Crippen molar-refractivity contribution in [3.8, 4) is 0 Å². The van der Waals surface area contributed by atoms with E-state index in [1.165, 1.54) is 0 Å². The van der Waals surface area contributed by atoms with Crippen molar-refractivity contribution in [2.75, 3.05) is 13.1 Å². The average Bonchev–Trinajstić information content (AvgIpc) is 2.22. The Balaban J connectivity index is 2.43. The van der Waals surface area contributed by atoms with E-state index in [-0.39, 0.29) is 11.6 Å². The molecule has 0 aromatic heterocycles. The summed E-state index contributed by atoms with van der Waals surface area (Å²) in [5.41, 5.74) is 1.24. The van der Waals surface area contributed by atoms with Gasteiger partial charge in [-0.25, -0.2) is 0 Å². The van der Waals surface area contributed by atoms with Gasteiger partial charge in [-0.2, -0.15) is 0 Å². The highest BCUT2D eigenvalue weighted by Crippen LogP contribution is 2.25. The maximum atomic E-state index is 6.17. The molecule has 0 amide bonds. The fraction of sp³-hybridized carbons (Fsp3) is 0.571. The summed E-state index contributed by atoms with van der Waals surface area (Å²) >= 11 is 12.1. The van der Waals surface area contributed by atoms with Crippen LogP contribution in [0.4, 0.5) is 0 Å². The first-order chi connectivity index (χ1) is 8.29. The van der Waals surface area contributed by atoms with Crippen LogP contribution in [0.25, 0.3) is 0 Å². The summed E-state index contributed by atoms with van der Waals surface area (Å²) in [7, 11) is 0. The first kappa shape index (κ1) is 15.8. The Labute approximate surface area is 120 Å². The van der Waals surface area contributed by atoms with Gasteiger partial charge in [-0.05, 0) is 45.4 Å². The van der Waals surface area contributed by atoms with Gasteiger partial charge >= 0.3 is 0 Å². The summed E-state index contributed by atoms with van der Waals surface area (Å²) in [5.74, 6) is 0. The molecule has 1 unspecified atom stereocenters. The number of hydrogen-bond acceptors (Lipinski definition) is 2. The van der Waals surface area contributed by atoms with Crippen molar-refractivity contribution in [3.05, 3.63) is 33.8 Å². The molecule has 0 aliphatic rings. The van der Waals surface area contributed by atoms with Crippen molar-refractivity contribution < 1.29 is 0 Å². The molecule has 1 aromatic carbocycles. The smallest absolute Gasteiger partial charge is 0.0468 e. The SMILES string of the molecule is CC(NCCNC(C)(C)C)c1ccc(Cl)cc1Cl. The number of benzene rings is 1. The van der Waals surface area contributed by atoms with Crippen LogP contribution in [0.3, 0.4) is 0 Å². The summed E-state index contributed by atoms with van der Waals surface area (Å²) in [6.07, 6.45) is 0. The molecule has 1 atom stereocenters. The molecule has 0 aliphatic heterocycles. The van der Waals surface area contributed by atoms with Crippen molar-refractivity contribution in [1.82, 2.24) is 10.6 Å². The van der Waals surface area contributed by atoms with Crippen molar-refractivity contribution in [1.29, 1.82) is 0 Å². The number of halogens is 2. The Hall–Kier alpha value is -0.280. The molecule has 1 rings (SSSR count). The molecule has 0 bridgehead atoms. The van der Waals surface area contributed by atoms with Crippen molar-refractivity contribution in [2.24, 2.45) is 0 Å². The summed E-state index contributed by atoms with van der Waals surface area (Å²) < 4.78 is 0. The monoisotopic (exact) mass is 288 g/mol. The van der Waals surface area contributed by atoms with E-state index in [0.717, 1.165) is 18.7 Å². The summed E-state index contributed by atoms with van der Waals surface area (Å²) in [5, 5.41) is 8.26. The first-order valence-electron chi connectivity index (χ1n) is 6.23. The Morgan fingerprint density at radius 1 is 1.17 bits per heavy atom. The fourth-order valence-corrected chi connectivity index (χ4v) is 2.26. The molecular formula is C14H22Cl2N2. The van der Waals surface area contributed by atoms with Crippen LogP contribution in [0.5, 0.6) is 0 Å². The molecule has 0 fully saturated rings. The van der Waals surface area contributed by atoms with E-state index in [2.05, 4.69) is 38.3 Å². The number of nitrogens with one attached hydrogen (secondary N) is 2. The highest BCUT2D eigenvalue weighted by atomic mass is 35.5. The molecular weight excluding hydrogens is 267 g/mol. The Morgan fingerprint density at radius 3 is 2.39 bits per heavy atom. The lowest BCUT2D eigenvalue weighted by Gasteiger charge is -2.22. The molecule has 4 heteroatoms. The highest BCUT2D eigenvalue weighted by molar-refractivity contribution is 6.35. The van der Waals surface area contributed by atoms with Crippen LogP contribution in [-0.2, 0) is 0 Å².